The topological polar surface area (TPSA) is 69.6 Å². The standard InChI is InChI=1S/C15H26N2O3/c1-10-7-8-12(11(10)2)16-15(20)17-9-5-3-4-6-13(17)14(18)19/h10-13H,3-9H2,1-2H3,(H,16,20)(H,18,19). The minimum Gasteiger partial charge on any atom is -0.480 e. The molecule has 4 unspecified atom stereocenters. The Labute approximate surface area is 120 Å². The molecule has 1 aliphatic heterocycles. The number of likely N-dealkylation sites (tertiary alicyclic amines) is 1. The highest BCUT2D eigenvalue weighted by Crippen LogP contribution is 2.31. The minimum atomic E-state index is -0.880. The average molecular weight is 282 g/mol. The van der Waals surface area contributed by atoms with Crippen LogP contribution in [0.15, 0.2) is 0 Å². The summed E-state index contributed by atoms with van der Waals surface area (Å²) in [6, 6.07) is -0.660. The number of hydrogen-bond donors (Lipinski definition) is 2. The predicted molar refractivity (Wildman–Crippen MR) is 76.5 cm³/mol. The van der Waals surface area contributed by atoms with Gasteiger partial charge in [0.25, 0.3) is 0 Å². The van der Waals surface area contributed by atoms with Gasteiger partial charge in [0, 0.05) is 12.6 Å². The van der Waals surface area contributed by atoms with Crippen LogP contribution in [-0.4, -0.2) is 40.6 Å². The normalized spacial score (nSPS) is 34.6. The molecule has 0 spiro atoms. The van der Waals surface area contributed by atoms with Crippen molar-refractivity contribution < 1.29 is 14.7 Å². The van der Waals surface area contributed by atoms with Crippen LogP contribution in [0.3, 0.4) is 0 Å². The van der Waals surface area contributed by atoms with E-state index in [0.717, 1.165) is 32.1 Å². The lowest BCUT2D eigenvalue weighted by Crippen LogP contribution is -2.52. The summed E-state index contributed by atoms with van der Waals surface area (Å²) in [5, 5.41) is 12.4. The second kappa shape index (κ2) is 6.46. The Balaban J connectivity index is 2.00. The highest BCUT2D eigenvalue weighted by Gasteiger charge is 2.35. The molecular weight excluding hydrogens is 256 g/mol. The molecule has 2 rings (SSSR count). The molecule has 0 aromatic heterocycles. The molecule has 2 fully saturated rings. The lowest BCUT2D eigenvalue weighted by Gasteiger charge is -2.30. The smallest absolute Gasteiger partial charge is 0.326 e. The van der Waals surface area contributed by atoms with E-state index in [1.807, 2.05) is 0 Å². The maximum absolute atomic E-state index is 12.4. The number of rotatable bonds is 2. The molecule has 4 atom stereocenters. The van der Waals surface area contributed by atoms with Gasteiger partial charge in [0.15, 0.2) is 0 Å². The number of carbonyl (C=O) groups excluding carboxylic acids is 1. The fourth-order valence-corrected chi connectivity index (χ4v) is 3.42. The van der Waals surface area contributed by atoms with E-state index in [9.17, 15) is 14.7 Å². The van der Waals surface area contributed by atoms with Crippen LogP contribution in [0.1, 0.15) is 52.4 Å². The molecule has 1 saturated heterocycles. The van der Waals surface area contributed by atoms with Crippen molar-refractivity contribution in [2.45, 2.75) is 64.5 Å². The Hall–Kier alpha value is -1.26. The van der Waals surface area contributed by atoms with Crippen LogP contribution >= 0.6 is 0 Å². The van der Waals surface area contributed by atoms with Crippen molar-refractivity contribution in [2.24, 2.45) is 11.8 Å². The summed E-state index contributed by atoms with van der Waals surface area (Å²) in [5.74, 6) is 0.212. The van der Waals surface area contributed by atoms with E-state index in [4.69, 9.17) is 0 Å². The lowest BCUT2D eigenvalue weighted by atomic mass is 9.98. The van der Waals surface area contributed by atoms with Gasteiger partial charge < -0.3 is 15.3 Å². The first-order valence-electron chi connectivity index (χ1n) is 7.80. The molecule has 5 heteroatoms. The van der Waals surface area contributed by atoms with E-state index < -0.39 is 12.0 Å². The number of hydrogen-bond acceptors (Lipinski definition) is 2. The average Bonchev–Trinajstić information content (AvgIpc) is 2.64. The van der Waals surface area contributed by atoms with Crippen molar-refractivity contribution in [3.8, 4) is 0 Å². The first-order chi connectivity index (χ1) is 9.50. The Morgan fingerprint density at radius 2 is 1.85 bits per heavy atom. The second-order valence-electron chi connectivity index (χ2n) is 6.37. The first kappa shape index (κ1) is 15.1. The van der Waals surface area contributed by atoms with E-state index >= 15 is 0 Å². The Morgan fingerprint density at radius 1 is 1.10 bits per heavy atom. The van der Waals surface area contributed by atoms with Crippen LogP contribution in [0.5, 0.6) is 0 Å². The zero-order valence-electron chi connectivity index (χ0n) is 12.5. The van der Waals surface area contributed by atoms with Gasteiger partial charge in [-0.2, -0.15) is 0 Å². The number of carbonyl (C=O) groups is 2. The predicted octanol–water partition coefficient (Wildman–Crippen LogP) is 2.46. The molecule has 5 nitrogen and oxygen atoms in total. The maximum atomic E-state index is 12.4. The molecule has 1 aliphatic carbocycles. The van der Waals surface area contributed by atoms with Gasteiger partial charge in [-0.1, -0.05) is 26.7 Å². The highest BCUT2D eigenvalue weighted by molar-refractivity contribution is 5.82. The molecule has 2 amide bonds. The van der Waals surface area contributed by atoms with Gasteiger partial charge in [-0.25, -0.2) is 9.59 Å². The zero-order chi connectivity index (χ0) is 14.7. The summed E-state index contributed by atoms with van der Waals surface area (Å²) in [7, 11) is 0. The molecule has 114 valence electrons. The molecule has 1 saturated carbocycles. The van der Waals surface area contributed by atoms with Gasteiger partial charge in [-0.3, -0.25) is 0 Å². The largest absolute Gasteiger partial charge is 0.480 e. The Morgan fingerprint density at radius 3 is 2.45 bits per heavy atom. The summed E-state index contributed by atoms with van der Waals surface area (Å²) in [6.07, 6.45) is 5.49. The summed E-state index contributed by atoms with van der Waals surface area (Å²) in [5.41, 5.74) is 0. The number of aliphatic carboxylic acids is 1. The Kier molecular flexibility index (Phi) is 4.89. The Bertz CT molecular complexity index is 372. The van der Waals surface area contributed by atoms with E-state index in [1.54, 1.807) is 0 Å². The molecule has 0 bridgehead atoms. The molecule has 0 aromatic carbocycles. The van der Waals surface area contributed by atoms with Crippen LogP contribution in [0.4, 0.5) is 4.79 Å². The van der Waals surface area contributed by atoms with Crippen LogP contribution in [-0.2, 0) is 4.79 Å². The first-order valence-corrected chi connectivity index (χ1v) is 7.80. The SMILES string of the molecule is CC1CCC(NC(=O)N2CCCCCC2C(=O)O)C1C. The van der Waals surface area contributed by atoms with Crippen LogP contribution < -0.4 is 5.32 Å². The maximum Gasteiger partial charge on any atom is 0.326 e. The van der Waals surface area contributed by atoms with E-state index in [0.29, 0.717) is 24.8 Å². The van der Waals surface area contributed by atoms with Gasteiger partial charge in [-0.15, -0.1) is 0 Å². The monoisotopic (exact) mass is 282 g/mol. The van der Waals surface area contributed by atoms with Crippen molar-refractivity contribution in [3.05, 3.63) is 0 Å². The molecular formula is C15H26N2O3. The molecule has 20 heavy (non-hydrogen) atoms. The summed E-state index contributed by atoms with van der Waals surface area (Å²) < 4.78 is 0. The minimum absolute atomic E-state index is 0.190. The van der Waals surface area contributed by atoms with E-state index in [2.05, 4.69) is 19.2 Å². The van der Waals surface area contributed by atoms with Crippen molar-refractivity contribution >= 4 is 12.0 Å². The van der Waals surface area contributed by atoms with E-state index in [-0.39, 0.29) is 12.1 Å². The van der Waals surface area contributed by atoms with Gasteiger partial charge in [0.05, 0.1) is 0 Å². The lowest BCUT2D eigenvalue weighted by molar-refractivity contribution is -0.142. The highest BCUT2D eigenvalue weighted by atomic mass is 16.4. The molecule has 0 radical (unpaired) electrons. The van der Waals surface area contributed by atoms with Crippen molar-refractivity contribution in [1.29, 1.82) is 0 Å². The zero-order valence-corrected chi connectivity index (χ0v) is 12.5. The van der Waals surface area contributed by atoms with Crippen LogP contribution in [0, 0.1) is 11.8 Å². The van der Waals surface area contributed by atoms with Crippen LogP contribution in [0.2, 0.25) is 0 Å². The number of amides is 2. The number of carboxylic acids is 1. The third-order valence-corrected chi connectivity index (χ3v) is 5.07. The quantitative estimate of drug-likeness (QED) is 0.817. The van der Waals surface area contributed by atoms with Crippen molar-refractivity contribution in [1.82, 2.24) is 10.2 Å². The van der Waals surface area contributed by atoms with Gasteiger partial charge in [0.1, 0.15) is 6.04 Å². The number of carboxylic acid groups (broad SMARTS) is 1. The number of nitrogens with one attached hydrogen (secondary N) is 1. The van der Waals surface area contributed by atoms with Crippen molar-refractivity contribution in [2.75, 3.05) is 6.54 Å². The summed E-state index contributed by atoms with van der Waals surface area (Å²) in [4.78, 5) is 25.3. The second-order valence-corrected chi connectivity index (χ2v) is 6.37. The fraction of sp³-hybridized carbons (Fsp3) is 0.867. The fourth-order valence-electron chi connectivity index (χ4n) is 3.42. The van der Waals surface area contributed by atoms with Gasteiger partial charge in [-0.05, 0) is 37.5 Å². The molecule has 1 heterocycles. The molecule has 0 aromatic rings. The van der Waals surface area contributed by atoms with E-state index in [1.165, 1.54) is 4.90 Å². The van der Waals surface area contributed by atoms with Gasteiger partial charge >= 0.3 is 12.0 Å². The van der Waals surface area contributed by atoms with Crippen LogP contribution in [0.25, 0.3) is 0 Å². The third-order valence-electron chi connectivity index (χ3n) is 5.07. The summed E-state index contributed by atoms with van der Waals surface area (Å²) >= 11 is 0. The summed E-state index contributed by atoms with van der Waals surface area (Å²) in [6.45, 7) is 4.93. The number of urea groups is 1. The third kappa shape index (κ3) is 3.25. The van der Waals surface area contributed by atoms with Crippen molar-refractivity contribution in [3.63, 3.8) is 0 Å². The molecule has 2 aliphatic rings. The number of nitrogens with zero attached hydrogens (tertiary/aromatic N) is 1. The van der Waals surface area contributed by atoms with Gasteiger partial charge in [0.2, 0.25) is 0 Å². The molecule has 2 N–H and O–H groups in total.